The van der Waals surface area contributed by atoms with Gasteiger partial charge in [-0.25, -0.2) is 9.78 Å². The molecule has 0 unspecified atom stereocenters. The third kappa shape index (κ3) is 7.34. The fraction of sp³-hybridized carbons (Fsp3) is 0.174. The number of rotatable bonds is 6. The van der Waals surface area contributed by atoms with Gasteiger partial charge < -0.3 is 30.9 Å². The number of aliphatic hydroxyl groups is 1. The van der Waals surface area contributed by atoms with Crippen molar-refractivity contribution in [3.05, 3.63) is 76.7 Å². The normalized spacial score (nSPS) is 10.9. The molecular formula is C23H27CrN5O7S. The van der Waals surface area contributed by atoms with Crippen LogP contribution in [0.1, 0.15) is 7.12 Å². The fourth-order valence-corrected chi connectivity index (χ4v) is 3.92. The van der Waals surface area contributed by atoms with Crippen molar-refractivity contribution in [2.45, 2.75) is 11.8 Å². The van der Waals surface area contributed by atoms with E-state index in [1.54, 1.807) is 50.4 Å². The molecule has 4 rings (SSSR count). The van der Waals surface area contributed by atoms with Crippen molar-refractivity contribution in [3.8, 4) is 11.4 Å². The zero-order chi connectivity index (χ0) is 25.6. The summed E-state index contributed by atoms with van der Waals surface area (Å²) in [4.78, 5) is 12.3. The second-order valence-corrected chi connectivity index (χ2v) is 8.67. The van der Waals surface area contributed by atoms with Crippen LogP contribution < -0.4 is 10.9 Å². The summed E-state index contributed by atoms with van der Waals surface area (Å²) < 4.78 is 34.0. The Labute approximate surface area is 225 Å². The molecule has 0 atom stereocenters. The molecule has 14 heteroatoms. The number of phenolic OH excluding ortho intramolecular Hbond substituents is 1. The standard InChI is InChI=1S/C20H15N4O5S.C3H9NO.Cr.H2O/c1-12-18(20(26)24(23-12)13-7-3-2-4-8-13)21-22-19-15-10-6-5-9-14(15)17(11-16(19)25)30(27,28)29;1-4-2-3-5;;/h2-11,25H,1H3,(H,27,28,29);4-5H,2-3H2,1H3;;1H2/q-1;;;/p+1. The quantitative estimate of drug-likeness (QED) is 0.154. The Kier molecular flexibility index (Phi) is 11.8. The van der Waals surface area contributed by atoms with Crippen molar-refractivity contribution in [2.24, 2.45) is 10.2 Å². The molecule has 0 amide bonds. The van der Waals surface area contributed by atoms with E-state index in [0.29, 0.717) is 17.9 Å². The number of phenols is 1. The van der Waals surface area contributed by atoms with E-state index in [9.17, 15) is 22.9 Å². The maximum absolute atomic E-state index is 12.7. The predicted molar refractivity (Wildman–Crippen MR) is 136 cm³/mol. The second-order valence-electron chi connectivity index (χ2n) is 7.28. The molecule has 0 saturated carbocycles. The monoisotopic (exact) mass is 569 g/mol. The van der Waals surface area contributed by atoms with Crippen molar-refractivity contribution in [1.29, 1.82) is 0 Å². The van der Waals surface area contributed by atoms with Gasteiger partial charge in [0.15, 0.2) is 0 Å². The minimum Gasteiger partial charge on any atom is -0.506 e. The van der Waals surface area contributed by atoms with Crippen LogP contribution >= 0.6 is 0 Å². The first-order chi connectivity index (χ1) is 16.7. The summed E-state index contributed by atoms with van der Waals surface area (Å²) in [5.41, 5.74) is 0.370. The zero-order valence-electron chi connectivity index (χ0n) is 20.9. The van der Waals surface area contributed by atoms with Gasteiger partial charge in [-0.1, -0.05) is 55.1 Å². The average Bonchev–Trinajstić information content (AvgIpc) is 3.12. The van der Waals surface area contributed by atoms with Crippen molar-refractivity contribution in [1.82, 2.24) is 15.1 Å². The minimum absolute atomic E-state index is 0. The van der Waals surface area contributed by atoms with Gasteiger partial charge in [-0.15, -0.1) is 5.69 Å². The number of hydrogen-bond acceptors (Lipinski definition) is 9. The first kappa shape index (κ1) is 31.7. The third-order valence-electron chi connectivity index (χ3n) is 4.84. The van der Waals surface area contributed by atoms with Gasteiger partial charge >= 0.3 is 1.43 Å². The number of aromatic hydroxyl groups is 1. The minimum atomic E-state index is -4.57. The Morgan fingerprint density at radius 1 is 1.11 bits per heavy atom. The van der Waals surface area contributed by atoms with Gasteiger partial charge in [0.2, 0.25) is 0 Å². The molecule has 1 aromatic heterocycles. The number of aliphatic hydroxyl groups excluding tert-OH is 1. The number of azo groups is 1. The molecule has 0 saturated heterocycles. The summed E-state index contributed by atoms with van der Waals surface area (Å²) in [6.45, 7) is 2.53. The summed E-state index contributed by atoms with van der Waals surface area (Å²) in [5, 5.41) is 33.7. The number of para-hydroxylation sites is 1. The van der Waals surface area contributed by atoms with Crippen LogP contribution in [0, 0.1) is 6.92 Å². The van der Waals surface area contributed by atoms with E-state index < -0.39 is 26.3 Å². The molecule has 0 fully saturated rings. The third-order valence-corrected chi connectivity index (χ3v) is 5.73. The molecule has 37 heavy (non-hydrogen) atoms. The Hall–Kier alpha value is -3.35. The molecule has 3 aromatic carbocycles. The Balaban J connectivity index is 0.00000157. The summed E-state index contributed by atoms with van der Waals surface area (Å²) in [6, 6.07) is 15.9. The molecule has 1 heterocycles. The van der Waals surface area contributed by atoms with E-state index >= 15 is 0 Å². The van der Waals surface area contributed by atoms with Crippen LogP contribution in [0.2, 0.25) is 0 Å². The molecule has 0 aliphatic rings. The van der Waals surface area contributed by atoms with Crippen molar-refractivity contribution < 1.29 is 47.4 Å². The molecule has 4 aromatic rings. The first-order valence-corrected chi connectivity index (χ1v) is 11.8. The van der Waals surface area contributed by atoms with Gasteiger partial charge in [-0.3, -0.25) is 4.55 Å². The first-order valence-electron chi connectivity index (χ1n) is 10.4. The smallest absolute Gasteiger partial charge is 0.506 e. The van der Waals surface area contributed by atoms with E-state index in [1.165, 1.54) is 16.8 Å². The SMILES string of the molecule is CNCCO.Cc1nn(-c2ccccc2)c(=O)[c-]1N=Nc1c(O)cc(S(=O)(=O)O)c2ccccc12.O.[Cr].[H+]. The fourth-order valence-electron chi connectivity index (χ4n) is 3.20. The molecule has 198 valence electrons. The van der Waals surface area contributed by atoms with Crippen LogP contribution in [0.4, 0.5) is 11.4 Å². The molecule has 0 aliphatic heterocycles. The number of aryl methyl sites for hydroxylation is 1. The van der Waals surface area contributed by atoms with Crippen LogP contribution in [0.5, 0.6) is 5.75 Å². The Morgan fingerprint density at radius 2 is 1.70 bits per heavy atom. The topological polar surface area (TPSA) is 198 Å². The molecule has 6 N–H and O–H groups in total. The molecule has 0 bridgehead atoms. The van der Waals surface area contributed by atoms with Gasteiger partial charge in [0.05, 0.1) is 12.3 Å². The van der Waals surface area contributed by atoms with E-state index in [4.69, 9.17) is 5.11 Å². The van der Waals surface area contributed by atoms with E-state index in [1.807, 2.05) is 6.07 Å². The Morgan fingerprint density at radius 3 is 2.24 bits per heavy atom. The predicted octanol–water partition coefficient (Wildman–Crippen LogP) is 2.26. The maximum atomic E-state index is 12.7. The number of hydrogen-bond donors (Lipinski definition) is 4. The van der Waals surface area contributed by atoms with Crippen LogP contribution in [0.3, 0.4) is 0 Å². The summed E-state index contributed by atoms with van der Waals surface area (Å²) in [5.74, 6) is -0.509. The van der Waals surface area contributed by atoms with Gasteiger partial charge in [0.25, 0.3) is 10.1 Å². The van der Waals surface area contributed by atoms with Crippen LogP contribution in [-0.2, 0) is 27.5 Å². The van der Waals surface area contributed by atoms with Gasteiger partial charge in [0.1, 0.15) is 21.9 Å². The zero-order valence-corrected chi connectivity index (χ0v) is 22.0. The molecule has 0 spiro atoms. The number of likely N-dealkylation sites (N-methyl/N-ethyl adjacent to an activating group) is 1. The number of aromatic nitrogens is 2. The summed E-state index contributed by atoms with van der Waals surface area (Å²) in [7, 11) is -2.77. The van der Waals surface area contributed by atoms with E-state index in [2.05, 4.69) is 20.6 Å². The largest absolute Gasteiger partial charge is 1.00 e. The van der Waals surface area contributed by atoms with Gasteiger partial charge in [0, 0.05) is 40.7 Å². The number of nitrogens with zero attached hydrogens (tertiary/aromatic N) is 4. The number of nitrogens with one attached hydrogen (secondary N) is 1. The molecule has 0 aliphatic carbocycles. The van der Waals surface area contributed by atoms with Crippen molar-refractivity contribution >= 4 is 32.3 Å². The molecular weight excluding hydrogens is 542 g/mol. The van der Waals surface area contributed by atoms with Crippen molar-refractivity contribution in [3.63, 3.8) is 0 Å². The summed E-state index contributed by atoms with van der Waals surface area (Å²) >= 11 is 0. The van der Waals surface area contributed by atoms with Crippen LogP contribution in [0.15, 0.2) is 80.6 Å². The van der Waals surface area contributed by atoms with Crippen LogP contribution in [-0.4, -0.2) is 58.6 Å². The second kappa shape index (κ2) is 13.8. The van der Waals surface area contributed by atoms with E-state index in [0.717, 1.165) is 6.07 Å². The van der Waals surface area contributed by atoms with E-state index in [-0.39, 0.29) is 53.0 Å². The summed E-state index contributed by atoms with van der Waals surface area (Å²) in [6.07, 6.45) is 0. The van der Waals surface area contributed by atoms with Gasteiger partial charge in [-0.05, 0) is 19.2 Å². The maximum Gasteiger partial charge on any atom is 1.00 e. The molecule has 12 nitrogen and oxygen atoms in total. The van der Waals surface area contributed by atoms with Gasteiger partial charge in [-0.2, -0.15) is 13.5 Å². The number of fused-ring (bicyclic) bond motifs is 1. The van der Waals surface area contributed by atoms with Crippen LogP contribution in [0.25, 0.3) is 16.5 Å². The number of benzene rings is 3. The Bertz CT molecular complexity index is 1520. The van der Waals surface area contributed by atoms with Crippen molar-refractivity contribution in [2.75, 3.05) is 20.2 Å². The average molecular weight is 570 g/mol. The molecule has 0 radical (unpaired) electrons.